The number of nitrogens with two attached hydrogens (primary N) is 2. The van der Waals surface area contributed by atoms with Crippen molar-refractivity contribution in [1.82, 2.24) is 29.7 Å². The van der Waals surface area contributed by atoms with E-state index in [1.54, 1.807) is 26.2 Å². The summed E-state index contributed by atoms with van der Waals surface area (Å²) in [7, 11) is 2.79. The van der Waals surface area contributed by atoms with Crippen LogP contribution in [0, 0.1) is 13.8 Å². The molecule has 2 rings (SSSR count). The van der Waals surface area contributed by atoms with E-state index in [4.69, 9.17) is 20.9 Å². The highest BCUT2D eigenvalue weighted by molar-refractivity contribution is 8.79. The molecular weight excluding hydrogens is 897 g/mol. The van der Waals surface area contributed by atoms with Gasteiger partial charge in [0.1, 0.15) is 23.3 Å². The zero-order valence-corrected chi connectivity index (χ0v) is 44.3. The Balaban J connectivity index is 2.19. The lowest BCUT2D eigenvalue weighted by atomic mass is 10.1. The van der Waals surface area contributed by atoms with Crippen LogP contribution in [0.1, 0.15) is 217 Å². The van der Waals surface area contributed by atoms with Gasteiger partial charge >= 0.3 is 11.9 Å². The second-order valence-corrected chi connectivity index (χ2v) is 20.1. The van der Waals surface area contributed by atoms with Crippen molar-refractivity contribution in [3.63, 3.8) is 0 Å². The Hall–Kier alpha value is -4.18. The SMILES string of the molecule is CCCCCCCCCCCCCC(=O)OCCC(SSC(CCOC(=O)CCCCCCCCCCCCC)=C(C)N(C=O)Cc1cnc(C)nc1N)=C(C)N(C=O)Cc1cnc(C)nc1N. The van der Waals surface area contributed by atoms with Crippen LogP contribution in [0.3, 0.4) is 0 Å². The molecule has 2 aromatic rings. The summed E-state index contributed by atoms with van der Waals surface area (Å²) >= 11 is 0. The van der Waals surface area contributed by atoms with E-state index in [0.29, 0.717) is 59.9 Å². The fourth-order valence-electron chi connectivity index (χ4n) is 7.62. The summed E-state index contributed by atoms with van der Waals surface area (Å²) in [5.74, 6) is 1.11. The summed E-state index contributed by atoms with van der Waals surface area (Å²) in [6.45, 7) is 12.1. The number of nitrogens with zero attached hydrogens (tertiary/aromatic N) is 6. The molecule has 0 fully saturated rings. The van der Waals surface area contributed by atoms with Crippen molar-refractivity contribution >= 4 is 58.0 Å². The Morgan fingerprint density at radius 3 is 1.13 bits per heavy atom. The number of esters is 2. The number of hydrogen-bond acceptors (Lipinski definition) is 14. The number of aromatic nitrogens is 4. The molecule has 14 nitrogen and oxygen atoms in total. The van der Waals surface area contributed by atoms with Crippen molar-refractivity contribution in [3.05, 3.63) is 56.4 Å². The number of allylic oxidation sites excluding steroid dienone is 2. The van der Waals surface area contributed by atoms with Crippen molar-refractivity contribution in [2.75, 3.05) is 24.7 Å². The first kappa shape index (κ1) is 59.9. The average molecular weight is 983 g/mol. The topological polar surface area (TPSA) is 197 Å². The molecule has 2 amide bonds. The maximum Gasteiger partial charge on any atom is 0.305 e. The van der Waals surface area contributed by atoms with Crippen LogP contribution in [-0.2, 0) is 41.7 Å². The lowest BCUT2D eigenvalue weighted by molar-refractivity contribution is -0.144. The van der Waals surface area contributed by atoms with Crippen molar-refractivity contribution in [3.8, 4) is 0 Å². The van der Waals surface area contributed by atoms with Gasteiger partial charge in [0, 0.05) is 70.4 Å². The van der Waals surface area contributed by atoms with E-state index < -0.39 is 0 Å². The van der Waals surface area contributed by atoms with Gasteiger partial charge in [-0.05, 0) is 40.5 Å². The molecule has 0 unspecified atom stereocenters. The highest BCUT2D eigenvalue weighted by atomic mass is 33.1. The fourth-order valence-corrected chi connectivity index (χ4v) is 10.5. The smallest absolute Gasteiger partial charge is 0.305 e. The van der Waals surface area contributed by atoms with Crippen LogP contribution in [0.2, 0.25) is 0 Å². The van der Waals surface area contributed by atoms with Crippen LogP contribution < -0.4 is 11.5 Å². The Labute approximate surface area is 417 Å². The van der Waals surface area contributed by atoms with E-state index in [1.165, 1.54) is 134 Å². The maximum atomic E-state index is 12.9. The highest BCUT2D eigenvalue weighted by Crippen LogP contribution is 2.43. The fraction of sp³-hybridized carbons (Fsp3) is 0.692. The van der Waals surface area contributed by atoms with Crippen LogP contribution in [0.15, 0.2) is 33.6 Å². The van der Waals surface area contributed by atoms with Gasteiger partial charge in [-0.3, -0.25) is 19.2 Å². The average Bonchev–Trinajstić information content (AvgIpc) is 3.32. The van der Waals surface area contributed by atoms with Gasteiger partial charge in [-0.2, -0.15) is 0 Å². The van der Waals surface area contributed by atoms with E-state index in [2.05, 4.69) is 33.8 Å². The van der Waals surface area contributed by atoms with Crippen molar-refractivity contribution in [2.45, 2.75) is 222 Å². The standard InChI is InChI=1S/C52H86N8O6S2/c1-7-9-11-13-15-17-19-21-23-25-27-29-49(63)65-33-31-47(41(3)59(39-61)37-45-35-55-43(5)57-51(45)53)67-68-48(42(4)60(40-62)38-46-36-56-44(6)58-52(46)54)32-34-66-50(64)30-28-26-24-22-20-18-16-14-12-10-8-2/h35-36,39-40H,7-34,37-38H2,1-6H3,(H2,53,55,57)(H2,54,56,58). The number of carbonyl (C=O) groups is 4. The van der Waals surface area contributed by atoms with E-state index in [-0.39, 0.29) is 49.9 Å². The number of ether oxygens (including phenoxy) is 2. The summed E-state index contributed by atoms with van der Waals surface area (Å²) in [5, 5.41) is 0. The van der Waals surface area contributed by atoms with Gasteiger partial charge in [0.05, 0.1) is 26.3 Å². The van der Waals surface area contributed by atoms with Crippen molar-refractivity contribution in [1.29, 1.82) is 0 Å². The van der Waals surface area contributed by atoms with E-state index in [0.717, 1.165) is 61.2 Å². The molecule has 0 saturated carbocycles. The first-order valence-electron chi connectivity index (χ1n) is 25.6. The molecule has 0 aromatic carbocycles. The van der Waals surface area contributed by atoms with Crippen molar-refractivity contribution < 1.29 is 28.7 Å². The molecule has 0 bridgehead atoms. The number of hydrogen-bond donors (Lipinski definition) is 2. The number of rotatable bonds is 41. The van der Waals surface area contributed by atoms with Crippen LogP contribution in [-0.4, -0.2) is 67.7 Å². The normalized spacial score (nSPS) is 12.0. The summed E-state index contributed by atoms with van der Waals surface area (Å²) in [4.78, 5) is 72.9. The third-order valence-electron chi connectivity index (χ3n) is 12.0. The van der Waals surface area contributed by atoms with Crippen LogP contribution >= 0.6 is 21.6 Å². The predicted molar refractivity (Wildman–Crippen MR) is 279 cm³/mol. The zero-order valence-electron chi connectivity index (χ0n) is 42.6. The first-order valence-corrected chi connectivity index (χ1v) is 27.7. The molecule has 0 aliphatic rings. The Morgan fingerprint density at radius 1 is 0.529 bits per heavy atom. The summed E-state index contributed by atoms with van der Waals surface area (Å²) in [6.07, 6.45) is 32.4. The Morgan fingerprint density at radius 2 is 0.838 bits per heavy atom. The quantitative estimate of drug-likeness (QED) is 0.0276. The monoisotopic (exact) mass is 983 g/mol. The zero-order chi connectivity index (χ0) is 49.8. The number of amides is 2. The molecule has 0 atom stereocenters. The van der Waals surface area contributed by atoms with E-state index >= 15 is 0 Å². The van der Waals surface area contributed by atoms with Crippen LogP contribution in [0.25, 0.3) is 0 Å². The molecule has 0 aliphatic heterocycles. The molecule has 4 N–H and O–H groups in total. The number of nitrogen functional groups attached to an aromatic ring is 2. The lowest BCUT2D eigenvalue weighted by Crippen LogP contribution is -2.22. The van der Waals surface area contributed by atoms with Gasteiger partial charge in [0.25, 0.3) is 0 Å². The van der Waals surface area contributed by atoms with Crippen LogP contribution in [0.5, 0.6) is 0 Å². The molecule has 2 aromatic heterocycles. The summed E-state index contributed by atoms with van der Waals surface area (Å²) in [5.41, 5.74) is 14.9. The van der Waals surface area contributed by atoms with Crippen LogP contribution in [0.4, 0.5) is 11.6 Å². The van der Waals surface area contributed by atoms with Gasteiger partial charge in [-0.1, -0.05) is 164 Å². The van der Waals surface area contributed by atoms with E-state index in [1.807, 2.05) is 13.8 Å². The number of anilines is 2. The van der Waals surface area contributed by atoms with Gasteiger partial charge < -0.3 is 30.7 Å². The maximum absolute atomic E-state index is 12.9. The molecule has 0 aliphatic carbocycles. The molecular formula is C52H86N8O6S2. The molecule has 0 saturated heterocycles. The predicted octanol–water partition coefficient (Wildman–Crippen LogP) is 12.8. The Bertz CT molecular complexity index is 1700. The lowest BCUT2D eigenvalue weighted by Gasteiger charge is -2.24. The minimum Gasteiger partial charge on any atom is -0.465 e. The summed E-state index contributed by atoms with van der Waals surface area (Å²) < 4.78 is 11.5. The molecule has 0 radical (unpaired) electrons. The minimum absolute atomic E-state index is 0.113. The third kappa shape index (κ3) is 26.5. The second-order valence-electron chi connectivity index (χ2n) is 17.8. The third-order valence-corrected chi connectivity index (χ3v) is 15.0. The molecule has 68 heavy (non-hydrogen) atoms. The Kier molecular flexibility index (Phi) is 33.2. The molecule has 0 spiro atoms. The summed E-state index contributed by atoms with van der Waals surface area (Å²) in [6, 6.07) is 0. The van der Waals surface area contributed by atoms with Gasteiger partial charge in [0.15, 0.2) is 0 Å². The largest absolute Gasteiger partial charge is 0.465 e. The van der Waals surface area contributed by atoms with E-state index in [9.17, 15) is 19.2 Å². The minimum atomic E-state index is -0.250. The first-order chi connectivity index (χ1) is 32.9. The molecule has 382 valence electrons. The second kappa shape index (κ2) is 37.7. The number of aryl methyl sites for hydroxylation is 2. The number of carbonyl (C=O) groups excluding carboxylic acids is 4. The van der Waals surface area contributed by atoms with Crippen molar-refractivity contribution in [2.24, 2.45) is 0 Å². The molecule has 2 heterocycles. The van der Waals surface area contributed by atoms with Gasteiger partial charge in [-0.25, -0.2) is 19.9 Å². The number of unbranched alkanes of at least 4 members (excludes halogenated alkanes) is 20. The van der Waals surface area contributed by atoms with Gasteiger partial charge in [0.2, 0.25) is 12.8 Å². The highest BCUT2D eigenvalue weighted by Gasteiger charge is 2.20. The van der Waals surface area contributed by atoms with Gasteiger partial charge in [-0.15, -0.1) is 0 Å². The molecule has 16 heteroatoms.